The highest BCUT2D eigenvalue weighted by atomic mass is 15.2. The van der Waals surface area contributed by atoms with Gasteiger partial charge in [-0.05, 0) is 18.9 Å². The summed E-state index contributed by atoms with van der Waals surface area (Å²) >= 11 is 0. The SMILES string of the molecule is CC1C=CC=C1N1CCCC1. The lowest BCUT2D eigenvalue weighted by Gasteiger charge is -2.22. The highest BCUT2D eigenvalue weighted by Gasteiger charge is 2.19. The van der Waals surface area contributed by atoms with Crippen LogP contribution in [0.4, 0.5) is 0 Å². The molecule has 11 heavy (non-hydrogen) atoms. The van der Waals surface area contributed by atoms with Crippen molar-refractivity contribution in [1.82, 2.24) is 4.90 Å². The van der Waals surface area contributed by atoms with Crippen LogP contribution in [-0.2, 0) is 0 Å². The average Bonchev–Trinajstić information content (AvgIpc) is 2.55. The van der Waals surface area contributed by atoms with Gasteiger partial charge in [0.25, 0.3) is 0 Å². The lowest BCUT2D eigenvalue weighted by Crippen LogP contribution is -2.20. The molecule has 2 rings (SSSR count). The Morgan fingerprint density at radius 2 is 2.09 bits per heavy atom. The van der Waals surface area contributed by atoms with E-state index in [0.29, 0.717) is 5.92 Å². The summed E-state index contributed by atoms with van der Waals surface area (Å²) in [6.07, 6.45) is 9.47. The van der Waals surface area contributed by atoms with Crippen LogP contribution in [0, 0.1) is 5.92 Å². The monoisotopic (exact) mass is 149 g/mol. The lowest BCUT2D eigenvalue weighted by molar-refractivity contribution is 0.395. The maximum absolute atomic E-state index is 2.52. The second kappa shape index (κ2) is 2.72. The van der Waals surface area contributed by atoms with Gasteiger partial charge >= 0.3 is 0 Å². The second-order valence-electron chi connectivity index (χ2n) is 3.46. The van der Waals surface area contributed by atoms with E-state index in [-0.39, 0.29) is 0 Å². The van der Waals surface area contributed by atoms with Crippen LogP contribution >= 0.6 is 0 Å². The van der Waals surface area contributed by atoms with Crippen molar-refractivity contribution in [2.24, 2.45) is 5.92 Å². The number of hydrogen-bond acceptors (Lipinski definition) is 1. The Hall–Kier alpha value is -0.720. The zero-order valence-electron chi connectivity index (χ0n) is 7.09. The molecule has 0 amide bonds. The summed E-state index contributed by atoms with van der Waals surface area (Å²) in [6, 6.07) is 0. The molecule has 2 aliphatic rings. The molecule has 1 nitrogen and oxygen atoms in total. The van der Waals surface area contributed by atoms with Crippen LogP contribution in [0.1, 0.15) is 19.8 Å². The predicted octanol–water partition coefficient (Wildman–Crippen LogP) is 2.17. The fourth-order valence-electron chi connectivity index (χ4n) is 1.94. The van der Waals surface area contributed by atoms with Crippen molar-refractivity contribution in [2.75, 3.05) is 13.1 Å². The fourth-order valence-corrected chi connectivity index (χ4v) is 1.94. The summed E-state index contributed by atoms with van der Waals surface area (Å²) in [4.78, 5) is 2.52. The van der Waals surface area contributed by atoms with Crippen LogP contribution in [0.2, 0.25) is 0 Å². The van der Waals surface area contributed by atoms with Crippen molar-refractivity contribution in [3.63, 3.8) is 0 Å². The van der Waals surface area contributed by atoms with E-state index in [1.807, 2.05) is 0 Å². The summed E-state index contributed by atoms with van der Waals surface area (Å²) in [7, 11) is 0. The fraction of sp³-hybridized carbons (Fsp3) is 0.600. The molecule has 1 aliphatic carbocycles. The molecule has 1 fully saturated rings. The first-order chi connectivity index (χ1) is 5.38. The minimum absolute atomic E-state index is 0.660. The van der Waals surface area contributed by atoms with Gasteiger partial charge in [-0.3, -0.25) is 0 Å². The van der Waals surface area contributed by atoms with Gasteiger partial charge in [0.15, 0.2) is 0 Å². The number of likely N-dealkylation sites (tertiary alicyclic amines) is 1. The van der Waals surface area contributed by atoms with Crippen LogP contribution in [0.5, 0.6) is 0 Å². The van der Waals surface area contributed by atoms with Gasteiger partial charge in [-0.2, -0.15) is 0 Å². The Labute approximate surface area is 68.4 Å². The smallest absolute Gasteiger partial charge is 0.0200 e. The third kappa shape index (κ3) is 1.20. The Morgan fingerprint density at radius 3 is 2.64 bits per heavy atom. The first kappa shape index (κ1) is 6.96. The van der Waals surface area contributed by atoms with Gasteiger partial charge in [-0.25, -0.2) is 0 Å². The van der Waals surface area contributed by atoms with E-state index in [1.54, 1.807) is 0 Å². The standard InChI is InChI=1S/C10H15N/c1-9-5-4-6-10(9)11-7-2-3-8-11/h4-6,9H,2-3,7-8H2,1H3. The minimum Gasteiger partial charge on any atom is -0.374 e. The average molecular weight is 149 g/mol. The number of rotatable bonds is 1. The summed E-state index contributed by atoms with van der Waals surface area (Å²) in [6.45, 7) is 4.82. The zero-order chi connectivity index (χ0) is 7.68. The van der Waals surface area contributed by atoms with Gasteiger partial charge in [0.05, 0.1) is 0 Å². The highest BCUT2D eigenvalue weighted by Crippen LogP contribution is 2.25. The molecule has 0 saturated carbocycles. The molecule has 1 heteroatoms. The second-order valence-corrected chi connectivity index (χ2v) is 3.46. The van der Waals surface area contributed by atoms with Crippen LogP contribution in [0.25, 0.3) is 0 Å². The summed E-state index contributed by atoms with van der Waals surface area (Å²) in [5, 5.41) is 0. The van der Waals surface area contributed by atoms with E-state index in [4.69, 9.17) is 0 Å². The van der Waals surface area contributed by atoms with Gasteiger partial charge in [0, 0.05) is 24.7 Å². The topological polar surface area (TPSA) is 3.24 Å². The number of nitrogens with zero attached hydrogens (tertiary/aromatic N) is 1. The van der Waals surface area contributed by atoms with Crippen molar-refractivity contribution in [3.05, 3.63) is 23.9 Å². The normalized spacial score (nSPS) is 29.7. The lowest BCUT2D eigenvalue weighted by atomic mass is 10.1. The van der Waals surface area contributed by atoms with E-state index in [9.17, 15) is 0 Å². The maximum atomic E-state index is 2.52. The Kier molecular flexibility index (Phi) is 1.72. The molecule has 0 aromatic carbocycles. The van der Waals surface area contributed by atoms with Crippen molar-refractivity contribution < 1.29 is 0 Å². The molecular weight excluding hydrogens is 134 g/mol. The van der Waals surface area contributed by atoms with Crippen LogP contribution in [-0.4, -0.2) is 18.0 Å². The largest absolute Gasteiger partial charge is 0.374 e. The molecule has 0 aromatic heterocycles. The number of allylic oxidation sites excluding steroid dienone is 3. The van der Waals surface area contributed by atoms with E-state index < -0.39 is 0 Å². The van der Waals surface area contributed by atoms with Gasteiger partial charge in [-0.15, -0.1) is 0 Å². The highest BCUT2D eigenvalue weighted by molar-refractivity contribution is 5.25. The third-order valence-corrected chi connectivity index (χ3v) is 2.60. The van der Waals surface area contributed by atoms with Gasteiger partial charge in [0.2, 0.25) is 0 Å². The maximum Gasteiger partial charge on any atom is 0.0200 e. The molecule has 60 valence electrons. The zero-order valence-corrected chi connectivity index (χ0v) is 7.09. The molecule has 1 aliphatic heterocycles. The summed E-state index contributed by atoms with van der Waals surface area (Å²) in [5.74, 6) is 0.660. The van der Waals surface area contributed by atoms with Crippen molar-refractivity contribution in [3.8, 4) is 0 Å². The molecule has 1 atom stereocenters. The molecule has 1 heterocycles. The van der Waals surface area contributed by atoms with Gasteiger partial charge < -0.3 is 4.90 Å². The van der Waals surface area contributed by atoms with Crippen molar-refractivity contribution in [1.29, 1.82) is 0 Å². The van der Waals surface area contributed by atoms with E-state index >= 15 is 0 Å². The summed E-state index contributed by atoms with van der Waals surface area (Å²) in [5.41, 5.74) is 1.53. The third-order valence-electron chi connectivity index (χ3n) is 2.60. The first-order valence-electron chi connectivity index (χ1n) is 4.51. The predicted molar refractivity (Wildman–Crippen MR) is 47.2 cm³/mol. The van der Waals surface area contributed by atoms with Crippen LogP contribution < -0.4 is 0 Å². The van der Waals surface area contributed by atoms with E-state index in [1.165, 1.54) is 31.6 Å². The molecule has 0 bridgehead atoms. The van der Waals surface area contributed by atoms with Gasteiger partial charge in [0.1, 0.15) is 0 Å². The number of hydrogen-bond donors (Lipinski definition) is 0. The molecule has 0 N–H and O–H groups in total. The van der Waals surface area contributed by atoms with Crippen molar-refractivity contribution in [2.45, 2.75) is 19.8 Å². The Bertz CT molecular complexity index is 197. The molecule has 1 unspecified atom stereocenters. The molecule has 0 radical (unpaired) electrons. The minimum atomic E-state index is 0.660. The quantitative estimate of drug-likeness (QED) is 0.552. The molecule has 1 saturated heterocycles. The Morgan fingerprint density at radius 1 is 1.36 bits per heavy atom. The Balaban J connectivity index is 2.05. The molecule has 0 spiro atoms. The molecular formula is C10H15N. The first-order valence-corrected chi connectivity index (χ1v) is 4.51. The van der Waals surface area contributed by atoms with E-state index in [2.05, 4.69) is 30.1 Å². The van der Waals surface area contributed by atoms with Gasteiger partial charge in [-0.1, -0.05) is 19.1 Å². The molecule has 0 aromatic rings. The van der Waals surface area contributed by atoms with E-state index in [0.717, 1.165) is 0 Å². The van der Waals surface area contributed by atoms with Crippen molar-refractivity contribution >= 4 is 0 Å². The van der Waals surface area contributed by atoms with Crippen LogP contribution in [0.15, 0.2) is 23.9 Å². The summed E-state index contributed by atoms with van der Waals surface area (Å²) < 4.78 is 0. The van der Waals surface area contributed by atoms with Crippen LogP contribution in [0.3, 0.4) is 0 Å².